The second-order valence-electron chi connectivity index (χ2n) is 16.5. The Bertz CT molecular complexity index is 4470. The molecule has 0 atom stereocenters. The average Bonchev–Trinajstić information content (AvgIpc) is 4.11. The number of ether oxygens (including phenoxy) is 2. The van der Waals surface area contributed by atoms with Crippen LogP contribution in [0.3, 0.4) is 0 Å². The van der Waals surface area contributed by atoms with Crippen molar-refractivity contribution in [1.29, 1.82) is 0 Å². The minimum absolute atomic E-state index is 0.242. The Balaban J connectivity index is 1.18. The van der Waals surface area contributed by atoms with E-state index in [1.54, 1.807) is 0 Å². The molecule has 0 fully saturated rings. The molecule has 0 spiro atoms. The van der Waals surface area contributed by atoms with Crippen molar-refractivity contribution in [3.8, 4) is 28.7 Å². The normalized spacial score (nSPS) is 15.2. The minimum atomic E-state index is -2.41. The monoisotopic (exact) mass is 739 g/mol. The first kappa shape index (κ1) is 25.5. The number of fused-ring (bicyclic) bond motifs is 21. The predicted octanol–water partition coefficient (Wildman–Crippen LogP) is 10.7. The highest BCUT2D eigenvalue weighted by molar-refractivity contribution is 7.01. The van der Waals surface area contributed by atoms with E-state index in [1.807, 2.05) is 24.3 Å². The highest BCUT2D eigenvalue weighted by atomic mass is 16.5. The summed E-state index contributed by atoms with van der Waals surface area (Å²) >= 11 is 0. The second-order valence-corrected chi connectivity index (χ2v) is 16.5. The van der Waals surface area contributed by atoms with Crippen molar-refractivity contribution in [2.75, 3.05) is 0 Å². The van der Waals surface area contributed by atoms with Gasteiger partial charge in [-0.15, -0.1) is 0 Å². The van der Waals surface area contributed by atoms with Gasteiger partial charge in [-0.05, 0) is 42.6 Å². The summed E-state index contributed by atoms with van der Waals surface area (Å²) in [5.74, 6) is 3.18. The van der Waals surface area contributed by atoms with Crippen LogP contribution in [0.4, 0.5) is 0 Å². The standard InChI is InChI=1S/C51H25BN4O2/c1-24-25-11-2-5-18-32(25)55-48-46-40(31-17-9-15-29-27-13-4-7-20-34(27)54(46)45(29)31)50-43-47(48)56(51(24)55)35-21-10-22-37-41(35)52(43)42-38(57-37)23-36-39(49(42)58-50)30-16-8-14-28-26-12-3-6-19-33(26)53(36)44(28)30/h2-23H,1H3/i1D3. The molecule has 0 saturated heterocycles. The summed E-state index contributed by atoms with van der Waals surface area (Å²) in [6.07, 6.45) is 0. The van der Waals surface area contributed by atoms with E-state index in [-0.39, 0.29) is 6.71 Å². The van der Waals surface area contributed by atoms with Crippen molar-refractivity contribution in [3.63, 3.8) is 0 Å². The van der Waals surface area contributed by atoms with Gasteiger partial charge >= 0.3 is 0 Å². The SMILES string of the molecule is [2H]C([2H])([2H])c1c2ccccc2n2c3c4c5c(c6c7cccc8c9ccccc9n(c87)c63)Oc3c6c(cc7c3c3cccc8c9ccccc9n7c83)Oc3cccc(c3B65)-n4c12. The fourth-order valence-electron chi connectivity index (χ4n) is 12.2. The highest BCUT2D eigenvalue weighted by Gasteiger charge is 2.49. The minimum Gasteiger partial charge on any atom is -0.458 e. The van der Waals surface area contributed by atoms with Crippen LogP contribution >= 0.6 is 0 Å². The van der Waals surface area contributed by atoms with Gasteiger partial charge in [-0.2, -0.15) is 0 Å². The molecular weight excluding hydrogens is 711 g/mol. The van der Waals surface area contributed by atoms with Gasteiger partial charge in [-0.1, -0.05) is 97.1 Å². The zero-order valence-electron chi connectivity index (χ0n) is 33.4. The summed E-state index contributed by atoms with van der Waals surface area (Å²) in [7, 11) is 0. The molecule has 6 nitrogen and oxygen atoms in total. The van der Waals surface area contributed by atoms with Crippen molar-refractivity contribution in [3.05, 3.63) is 139 Å². The van der Waals surface area contributed by atoms with E-state index >= 15 is 0 Å². The van der Waals surface area contributed by atoms with E-state index in [4.69, 9.17) is 13.6 Å². The Morgan fingerprint density at radius 3 is 1.84 bits per heavy atom. The van der Waals surface area contributed by atoms with Crippen LogP contribution in [0, 0.1) is 6.85 Å². The average molecular weight is 740 g/mol. The van der Waals surface area contributed by atoms with Crippen LogP contribution in [-0.2, 0) is 0 Å². The smallest absolute Gasteiger partial charge is 0.266 e. The van der Waals surface area contributed by atoms with Gasteiger partial charge in [0, 0.05) is 70.1 Å². The van der Waals surface area contributed by atoms with Crippen molar-refractivity contribution >= 4 is 127 Å². The van der Waals surface area contributed by atoms with Gasteiger partial charge in [0.2, 0.25) is 0 Å². The zero-order valence-corrected chi connectivity index (χ0v) is 30.4. The third-order valence-electron chi connectivity index (χ3n) is 14.1. The van der Waals surface area contributed by atoms with Crippen LogP contribution < -0.4 is 25.9 Å². The Morgan fingerprint density at radius 1 is 0.448 bits per heavy atom. The number of aryl methyl sites for hydroxylation is 1. The third-order valence-corrected chi connectivity index (χ3v) is 14.1. The summed E-state index contributed by atoms with van der Waals surface area (Å²) in [4.78, 5) is 0. The molecule has 0 radical (unpaired) electrons. The molecule has 9 heterocycles. The largest absolute Gasteiger partial charge is 0.458 e. The van der Waals surface area contributed by atoms with Gasteiger partial charge in [0.25, 0.3) is 6.71 Å². The maximum atomic E-state index is 9.13. The van der Waals surface area contributed by atoms with Crippen molar-refractivity contribution in [1.82, 2.24) is 17.8 Å². The fourth-order valence-corrected chi connectivity index (χ4v) is 12.2. The molecule has 0 N–H and O–H groups in total. The van der Waals surface area contributed by atoms with Gasteiger partial charge in [0.05, 0.1) is 60.4 Å². The Labute approximate surface area is 331 Å². The lowest BCUT2D eigenvalue weighted by Crippen LogP contribution is -2.60. The molecule has 0 saturated carbocycles. The third kappa shape index (κ3) is 2.62. The van der Waals surface area contributed by atoms with E-state index in [2.05, 4.69) is 127 Å². The van der Waals surface area contributed by atoms with Crippen molar-refractivity contribution < 1.29 is 13.6 Å². The molecule has 0 aliphatic carbocycles. The van der Waals surface area contributed by atoms with Crippen molar-refractivity contribution in [2.24, 2.45) is 0 Å². The summed E-state index contributed by atoms with van der Waals surface area (Å²) < 4.78 is 51.5. The molecule has 14 aromatic rings. The molecule has 8 aromatic carbocycles. The van der Waals surface area contributed by atoms with Crippen LogP contribution in [-0.4, -0.2) is 24.5 Å². The number of aromatic nitrogens is 4. The van der Waals surface area contributed by atoms with Gasteiger partial charge in [0.1, 0.15) is 28.6 Å². The Kier molecular flexibility index (Phi) is 3.82. The molecule has 0 bridgehead atoms. The van der Waals surface area contributed by atoms with Crippen LogP contribution in [0.2, 0.25) is 0 Å². The number of benzene rings is 8. The molecular formula is C51H25BN4O2. The number of imidazole rings is 1. The lowest BCUT2D eigenvalue weighted by Gasteiger charge is -2.38. The zero-order chi connectivity index (χ0) is 39.5. The summed E-state index contributed by atoms with van der Waals surface area (Å²) in [6.45, 7) is -2.66. The van der Waals surface area contributed by atoms with Gasteiger partial charge in [-0.25, -0.2) is 0 Å². The topological polar surface area (TPSA) is 36.6 Å². The molecule has 6 aromatic heterocycles. The Hall–Kier alpha value is -7.64. The lowest BCUT2D eigenvalue weighted by molar-refractivity contribution is 0.470. The van der Waals surface area contributed by atoms with Crippen molar-refractivity contribution in [2.45, 2.75) is 6.85 Å². The Morgan fingerprint density at radius 2 is 1.07 bits per heavy atom. The van der Waals surface area contributed by atoms with E-state index < -0.39 is 6.85 Å². The molecule has 0 amide bonds. The summed E-state index contributed by atoms with van der Waals surface area (Å²) in [6, 6.07) is 47.0. The molecule has 3 aliphatic heterocycles. The number of rotatable bonds is 0. The first-order chi connectivity index (χ1) is 30.0. The van der Waals surface area contributed by atoms with E-state index in [0.29, 0.717) is 11.2 Å². The number of nitrogens with zero attached hydrogens (tertiary/aromatic N) is 4. The van der Waals surface area contributed by atoms with E-state index in [0.717, 1.165) is 116 Å². The summed E-state index contributed by atoms with van der Waals surface area (Å²) in [5.41, 5.74) is 14.4. The van der Waals surface area contributed by atoms with Crippen LogP contribution in [0.25, 0.3) is 109 Å². The molecule has 0 unspecified atom stereocenters. The molecule has 58 heavy (non-hydrogen) atoms. The van der Waals surface area contributed by atoms with E-state index in [9.17, 15) is 0 Å². The van der Waals surface area contributed by atoms with Gasteiger partial charge in [-0.3, -0.25) is 8.97 Å². The molecule has 3 aliphatic rings. The first-order valence-electron chi connectivity index (χ1n) is 21.4. The summed E-state index contributed by atoms with van der Waals surface area (Å²) in [5, 5.41) is 9.84. The molecule has 7 heteroatoms. The quantitative estimate of drug-likeness (QED) is 0.145. The predicted molar refractivity (Wildman–Crippen MR) is 237 cm³/mol. The lowest BCUT2D eigenvalue weighted by atomic mass is 9.33. The highest BCUT2D eigenvalue weighted by Crippen LogP contribution is 2.53. The first-order valence-corrected chi connectivity index (χ1v) is 19.9. The maximum absolute atomic E-state index is 9.13. The maximum Gasteiger partial charge on any atom is 0.266 e. The van der Waals surface area contributed by atoms with Crippen LogP contribution in [0.5, 0.6) is 23.0 Å². The molecule has 17 rings (SSSR count). The van der Waals surface area contributed by atoms with Crippen LogP contribution in [0.1, 0.15) is 9.68 Å². The fraction of sp³-hybridized carbons (Fsp3) is 0.0196. The molecule has 264 valence electrons. The van der Waals surface area contributed by atoms with Gasteiger partial charge < -0.3 is 18.3 Å². The van der Waals surface area contributed by atoms with Gasteiger partial charge in [0.15, 0.2) is 0 Å². The number of hydrogen-bond acceptors (Lipinski definition) is 2. The number of hydrogen-bond donors (Lipinski definition) is 0. The van der Waals surface area contributed by atoms with E-state index in [1.165, 1.54) is 27.1 Å². The second kappa shape index (κ2) is 8.68. The van der Waals surface area contributed by atoms with Crippen LogP contribution in [0.15, 0.2) is 133 Å². The number of para-hydroxylation sites is 5.